The SMILES string of the molecule is NS(=O)(=O)c1ccc(N/C=C\C(=O)c2cccs2)cc1. The molecular formula is C13H12N2O3S2. The molecule has 2 aromatic rings. The zero-order valence-electron chi connectivity index (χ0n) is 10.3. The van der Waals surface area contributed by atoms with Crippen LogP contribution >= 0.6 is 11.3 Å². The van der Waals surface area contributed by atoms with E-state index in [4.69, 9.17) is 5.14 Å². The first-order chi connectivity index (χ1) is 9.47. The van der Waals surface area contributed by atoms with Gasteiger partial charge in [-0.05, 0) is 35.7 Å². The van der Waals surface area contributed by atoms with Crippen molar-refractivity contribution in [1.82, 2.24) is 0 Å². The van der Waals surface area contributed by atoms with Crippen molar-refractivity contribution in [3.63, 3.8) is 0 Å². The minimum Gasteiger partial charge on any atom is -0.362 e. The number of nitrogens with one attached hydrogen (secondary N) is 1. The Balaban J connectivity index is 1.99. The highest BCUT2D eigenvalue weighted by Gasteiger charge is 2.06. The van der Waals surface area contributed by atoms with Gasteiger partial charge in [-0.15, -0.1) is 11.3 Å². The highest BCUT2D eigenvalue weighted by Crippen LogP contribution is 2.13. The van der Waals surface area contributed by atoms with Crippen LogP contribution in [0.4, 0.5) is 5.69 Å². The third kappa shape index (κ3) is 3.77. The fraction of sp³-hybridized carbons (Fsp3) is 0. The lowest BCUT2D eigenvalue weighted by atomic mass is 10.3. The molecule has 0 saturated carbocycles. The Morgan fingerprint density at radius 2 is 1.90 bits per heavy atom. The van der Waals surface area contributed by atoms with E-state index < -0.39 is 10.0 Å². The molecule has 104 valence electrons. The lowest BCUT2D eigenvalue weighted by Crippen LogP contribution is -2.11. The van der Waals surface area contributed by atoms with Crippen molar-refractivity contribution in [1.29, 1.82) is 0 Å². The normalized spacial score (nSPS) is 11.7. The maximum Gasteiger partial charge on any atom is 0.238 e. The van der Waals surface area contributed by atoms with Crippen LogP contribution in [0.5, 0.6) is 0 Å². The number of rotatable bonds is 5. The average Bonchev–Trinajstić information content (AvgIpc) is 2.92. The number of hydrogen-bond donors (Lipinski definition) is 2. The molecule has 2 rings (SSSR count). The first-order valence-corrected chi connectivity index (χ1v) is 8.03. The van der Waals surface area contributed by atoms with Crippen LogP contribution in [0, 0.1) is 0 Å². The number of benzene rings is 1. The topological polar surface area (TPSA) is 89.3 Å². The van der Waals surface area contributed by atoms with Crippen LogP contribution < -0.4 is 10.5 Å². The van der Waals surface area contributed by atoms with Gasteiger partial charge < -0.3 is 5.32 Å². The predicted molar refractivity (Wildman–Crippen MR) is 79.2 cm³/mol. The molecule has 1 heterocycles. The molecule has 0 unspecified atom stereocenters. The third-order valence-electron chi connectivity index (χ3n) is 2.43. The summed E-state index contributed by atoms with van der Waals surface area (Å²) in [6, 6.07) is 9.49. The molecule has 0 fully saturated rings. The maximum atomic E-state index is 11.7. The Kier molecular flexibility index (Phi) is 4.33. The van der Waals surface area contributed by atoms with Gasteiger partial charge in [0, 0.05) is 18.0 Å². The van der Waals surface area contributed by atoms with E-state index in [0.717, 1.165) is 0 Å². The van der Waals surface area contributed by atoms with Crippen LogP contribution in [0.2, 0.25) is 0 Å². The highest BCUT2D eigenvalue weighted by molar-refractivity contribution is 7.89. The highest BCUT2D eigenvalue weighted by atomic mass is 32.2. The fourth-order valence-corrected chi connectivity index (χ4v) is 2.62. The van der Waals surface area contributed by atoms with Crippen molar-refractivity contribution in [2.75, 3.05) is 5.32 Å². The predicted octanol–water partition coefficient (Wildman–Crippen LogP) is 2.20. The molecule has 1 aromatic heterocycles. The summed E-state index contributed by atoms with van der Waals surface area (Å²) in [6.45, 7) is 0. The monoisotopic (exact) mass is 308 g/mol. The van der Waals surface area contributed by atoms with Crippen LogP contribution in [-0.2, 0) is 10.0 Å². The van der Waals surface area contributed by atoms with E-state index in [-0.39, 0.29) is 10.7 Å². The molecule has 3 N–H and O–H groups in total. The van der Waals surface area contributed by atoms with Crippen molar-refractivity contribution in [3.05, 3.63) is 58.9 Å². The average molecular weight is 308 g/mol. The second-order valence-corrected chi connectivity index (χ2v) is 6.40. The standard InChI is InChI=1S/C13H12N2O3S2/c14-20(17,18)11-5-3-10(4-6-11)15-8-7-12(16)13-2-1-9-19-13/h1-9,15H,(H2,14,17,18)/b8-7-. The molecule has 0 amide bonds. The number of primary sulfonamides is 1. The zero-order chi connectivity index (χ0) is 14.6. The van der Waals surface area contributed by atoms with Gasteiger partial charge in [0.25, 0.3) is 0 Å². The van der Waals surface area contributed by atoms with E-state index in [1.54, 1.807) is 18.2 Å². The number of anilines is 1. The first-order valence-electron chi connectivity index (χ1n) is 5.60. The number of carbonyl (C=O) groups is 1. The smallest absolute Gasteiger partial charge is 0.238 e. The summed E-state index contributed by atoms with van der Waals surface area (Å²) in [5, 5.41) is 9.71. The molecule has 7 heteroatoms. The molecule has 0 radical (unpaired) electrons. The zero-order valence-corrected chi connectivity index (χ0v) is 11.9. The van der Waals surface area contributed by atoms with Crippen molar-refractivity contribution in [3.8, 4) is 0 Å². The first kappa shape index (κ1) is 14.4. The van der Waals surface area contributed by atoms with E-state index in [2.05, 4.69) is 5.32 Å². The molecule has 0 saturated heterocycles. The van der Waals surface area contributed by atoms with E-state index in [1.165, 1.54) is 35.7 Å². The van der Waals surface area contributed by atoms with Crippen LogP contribution in [-0.4, -0.2) is 14.2 Å². The quantitative estimate of drug-likeness (QED) is 0.654. The molecule has 0 atom stereocenters. The Bertz CT molecular complexity index is 717. The molecule has 5 nitrogen and oxygen atoms in total. The Labute approximate surface area is 120 Å². The Morgan fingerprint density at radius 1 is 1.20 bits per heavy atom. The molecule has 1 aromatic carbocycles. The van der Waals surface area contributed by atoms with Crippen molar-refractivity contribution in [2.24, 2.45) is 5.14 Å². The number of sulfonamides is 1. The van der Waals surface area contributed by atoms with Gasteiger partial charge in [0.15, 0.2) is 5.78 Å². The third-order valence-corrected chi connectivity index (χ3v) is 4.25. The molecule has 0 aliphatic heterocycles. The van der Waals surface area contributed by atoms with Crippen LogP contribution in [0.3, 0.4) is 0 Å². The largest absolute Gasteiger partial charge is 0.362 e. The fourth-order valence-electron chi connectivity index (χ4n) is 1.46. The lowest BCUT2D eigenvalue weighted by Gasteiger charge is -2.02. The summed E-state index contributed by atoms with van der Waals surface area (Å²) in [4.78, 5) is 12.4. The summed E-state index contributed by atoms with van der Waals surface area (Å²) in [5.74, 6) is -0.0892. The second-order valence-electron chi connectivity index (χ2n) is 3.89. The lowest BCUT2D eigenvalue weighted by molar-refractivity contribution is 0.105. The van der Waals surface area contributed by atoms with Gasteiger partial charge in [-0.2, -0.15) is 0 Å². The van der Waals surface area contributed by atoms with Gasteiger partial charge >= 0.3 is 0 Å². The van der Waals surface area contributed by atoms with Gasteiger partial charge in [0.2, 0.25) is 10.0 Å². The van der Waals surface area contributed by atoms with Crippen molar-refractivity contribution >= 4 is 32.8 Å². The van der Waals surface area contributed by atoms with Gasteiger partial charge in [-0.1, -0.05) is 6.07 Å². The second kappa shape index (κ2) is 6.00. The Hall–Kier alpha value is -1.96. The van der Waals surface area contributed by atoms with E-state index >= 15 is 0 Å². The van der Waals surface area contributed by atoms with Crippen LogP contribution in [0.1, 0.15) is 9.67 Å². The van der Waals surface area contributed by atoms with Crippen LogP contribution in [0.15, 0.2) is 58.9 Å². The molecule has 0 aliphatic carbocycles. The minimum atomic E-state index is -3.68. The van der Waals surface area contributed by atoms with Crippen molar-refractivity contribution in [2.45, 2.75) is 4.90 Å². The van der Waals surface area contributed by atoms with Gasteiger partial charge in [0.1, 0.15) is 0 Å². The number of carbonyl (C=O) groups excluding carboxylic acids is 1. The minimum absolute atomic E-state index is 0.0432. The number of thiophene rings is 1. The van der Waals surface area contributed by atoms with Crippen molar-refractivity contribution < 1.29 is 13.2 Å². The molecule has 0 bridgehead atoms. The molecule has 0 spiro atoms. The summed E-state index contributed by atoms with van der Waals surface area (Å²) in [7, 11) is -3.68. The maximum absolute atomic E-state index is 11.7. The number of ketones is 1. The number of hydrogen-bond acceptors (Lipinski definition) is 5. The van der Waals surface area contributed by atoms with Gasteiger partial charge in [-0.25, -0.2) is 13.6 Å². The summed E-state index contributed by atoms with van der Waals surface area (Å²) >= 11 is 1.37. The van der Waals surface area contributed by atoms with Gasteiger partial charge in [-0.3, -0.25) is 4.79 Å². The van der Waals surface area contributed by atoms with Gasteiger partial charge in [0.05, 0.1) is 9.77 Å². The molecular weight excluding hydrogens is 296 g/mol. The number of allylic oxidation sites excluding steroid dienone is 1. The molecule has 20 heavy (non-hydrogen) atoms. The molecule has 0 aliphatic rings. The van der Waals surface area contributed by atoms with E-state index in [1.807, 2.05) is 11.4 Å². The number of nitrogens with two attached hydrogens (primary N) is 1. The summed E-state index contributed by atoms with van der Waals surface area (Å²) in [6.07, 6.45) is 2.92. The summed E-state index contributed by atoms with van der Waals surface area (Å²) < 4.78 is 22.2. The summed E-state index contributed by atoms with van der Waals surface area (Å²) in [5.41, 5.74) is 0.660. The Morgan fingerprint density at radius 3 is 2.45 bits per heavy atom. The van der Waals surface area contributed by atoms with Crippen LogP contribution in [0.25, 0.3) is 0 Å². The van der Waals surface area contributed by atoms with E-state index in [9.17, 15) is 13.2 Å². The van der Waals surface area contributed by atoms with E-state index in [0.29, 0.717) is 10.6 Å².